The number of hydrogen-bond acceptors (Lipinski definition) is 6. The van der Waals surface area contributed by atoms with Crippen molar-refractivity contribution < 1.29 is 14.0 Å². The second-order valence-electron chi connectivity index (χ2n) is 7.35. The molecule has 0 bridgehead atoms. The summed E-state index contributed by atoms with van der Waals surface area (Å²) in [5.74, 6) is 1.87. The molecule has 2 aromatic heterocycles. The Morgan fingerprint density at radius 3 is 2.29 bits per heavy atom. The zero-order chi connectivity index (χ0) is 19.5. The van der Waals surface area contributed by atoms with Crippen molar-refractivity contribution >= 4 is 17.6 Å². The van der Waals surface area contributed by atoms with Gasteiger partial charge in [-0.1, -0.05) is 0 Å². The maximum Gasteiger partial charge on any atom is 0.225 e. The van der Waals surface area contributed by atoms with Gasteiger partial charge in [-0.25, -0.2) is 0 Å². The van der Waals surface area contributed by atoms with Crippen LogP contribution < -0.4 is 4.90 Å². The number of likely N-dealkylation sites (tertiary alicyclic amines) is 1. The van der Waals surface area contributed by atoms with E-state index in [9.17, 15) is 9.59 Å². The standard InChI is InChI=1S/C20H25N5O3/c1-15(26)23-8-6-16(7-9-23)20(27)25-12-10-24(11-13-25)19-5-4-17(21-22-19)18-3-2-14-28-18/h2-5,14,16H,6-13H2,1H3. The highest BCUT2D eigenvalue weighted by Gasteiger charge is 2.31. The van der Waals surface area contributed by atoms with Crippen molar-refractivity contribution in [1.82, 2.24) is 20.0 Å². The number of carbonyl (C=O) groups is 2. The van der Waals surface area contributed by atoms with E-state index >= 15 is 0 Å². The van der Waals surface area contributed by atoms with E-state index in [0.717, 1.165) is 31.7 Å². The van der Waals surface area contributed by atoms with Crippen molar-refractivity contribution in [2.75, 3.05) is 44.2 Å². The first-order valence-corrected chi connectivity index (χ1v) is 9.78. The number of piperazine rings is 1. The minimum Gasteiger partial charge on any atom is -0.463 e. The predicted octanol–water partition coefficient (Wildman–Crippen LogP) is 1.64. The first kappa shape index (κ1) is 18.5. The van der Waals surface area contributed by atoms with E-state index in [1.807, 2.05) is 34.1 Å². The summed E-state index contributed by atoms with van der Waals surface area (Å²) >= 11 is 0. The lowest BCUT2D eigenvalue weighted by molar-refractivity contribution is -0.140. The van der Waals surface area contributed by atoms with Crippen LogP contribution in [0.2, 0.25) is 0 Å². The Bertz CT molecular complexity index is 805. The van der Waals surface area contributed by atoms with Gasteiger partial charge in [0.1, 0.15) is 5.69 Å². The lowest BCUT2D eigenvalue weighted by atomic mass is 9.95. The Morgan fingerprint density at radius 1 is 0.964 bits per heavy atom. The predicted molar refractivity (Wildman–Crippen MR) is 104 cm³/mol. The van der Waals surface area contributed by atoms with Crippen molar-refractivity contribution in [2.24, 2.45) is 5.92 Å². The maximum absolute atomic E-state index is 12.8. The van der Waals surface area contributed by atoms with E-state index in [0.29, 0.717) is 37.6 Å². The number of aromatic nitrogens is 2. The summed E-state index contributed by atoms with van der Waals surface area (Å²) in [4.78, 5) is 30.2. The molecule has 28 heavy (non-hydrogen) atoms. The molecule has 0 radical (unpaired) electrons. The van der Waals surface area contributed by atoms with Gasteiger partial charge in [-0.2, -0.15) is 0 Å². The minimum absolute atomic E-state index is 0.0366. The highest BCUT2D eigenvalue weighted by Crippen LogP contribution is 2.22. The molecule has 8 heteroatoms. The van der Waals surface area contributed by atoms with Crippen molar-refractivity contribution in [1.29, 1.82) is 0 Å². The third-order valence-corrected chi connectivity index (χ3v) is 5.63. The Kier molecular flexibility index (Phi) is 5.27. The van der Waals surface area contributed by atoms with Gasteiger partial charge in [0.25, 0.3) is 0 Å². The largest absolute Gasteiger partial charge is 0.463 e. The zero-order valence-corrected chi connectivity index (χ0v) is 16.1. The number of piperidine rings is 1. The topological polar surface area (TPSA) is 82.8 Å². The van der Waals surface area contributed by atoms with E-state index in [2.05, 4.69) is 15.1 Å². The number of amides is 2. The van der Waals surface area contributed by atoms with E-state index < -0.39 is 0 Å². The van der Waals surface area contributed by atoms with Crippen molar-refractivity contribution in [3.05, 3.63) is 30.5 Å². The lowest BCUT2D eigenvalue weighted by Gasteiger charge is -2.38. The molecule has 0 aliphatic carbocycles. The van der Waals surface area contributed by atoms with Crippen LogP contribution in [0.1, 0.15) is 19.8 Å². The third kappa shape index (κ3) is 3.85. The summed E-state index contributed by atoms with van der Waals surface area (Å²) in [6, 6.07) is 7.53. The molecule has 2 aliphatic rings. The van der Waals surface area contributed by atoms with E-state index in [-0.39, 0.29) is 17.7 Å². The SMILES string of the molecule is CC(=O)N1CCC(C(=O)N2CCN(c3ccc(-c4ccco4)nn3)CC2)CC1. The number of anilines is 1. The van der Waals surface area contributed by atoms with E-state index in [1.165, 1.54) is 0 Å². The van der Waals surface area contributed by atoms with Gasteiger partial charge in [0.15, 0.2) is 11.6 Å². The number of carbonyl (C=O) groups excluding carboxylic acids is 2. The van der Waals surface area contributed by atoms with Crippen LogP contribution in [0.25, 0.3) is 11.5 Å². The smallest absolute Gasteiger partial charge is 0.225 e. The first-order valence-electron chi connectivity index (χ1n) is 9.78. The van der Waals surface area contributed by atoms with Crippen LogP contribution in [0.4, 0.5) is 5.82 Å². The zero-order valence-electron chi connectivity index (χ0n) is 16.1. The molecule has 2 aromatic rings. The van der Waals surface area contributed by atoms with Gasteiger partial charge in [-0.05, 0) is 37.1 Å². The fourth-order valence-electron chi connectivity index (χ4n) is 3.91. The summed E-state index contributed by atoms with van der Waals surface area (Å²) in [6.45, 7) is 5.82. The van der Waals surface area contributed by atoms with E-state index in [4.69, 9.17) is 4.42 Å². The van der Waals surface area contributed by atoms with Gasteiger partial charge in [0.2, 0.25) is 11.8 Å². The van der Waals surface area contributed by atoms with Gasteiger partial charge in [0, 0.05) is 52.1 Å². The molecule has 0 aromatic carbocycles. The molecular formula is C20H25N5O3. The Labute approximate surface area is 164 Å². The average Bonchev–Trinajstić information content (AvgIpc) is 3.28. The van der Waals surface area contributed by atoms with Crippen molar-refractivity contribution in [2.45, 2.75) is 19.8 Å². The average molecular weight is 383 g/mol. The first-order chi connectivity index (χ1) is 13.6. The van der Waals surface area contributed by atoms with Crippen LogP contribution in [0.5, 0.6) is 0 Å². The summed E-state index contributed by atoms with van der Waals surface area (Å²) in [5, 5.41) is 8.57. The fourth-order valence-corrected chi connectivity index (χ4v) is 3.91. The molecule has 2 saturated heterocycles. The van der Waals surface area contributed by atoms with Crippen LogP contribution in [0.3, 0.4) is 0 Å². The van der Waals surface area contributed by atoms with Crippen LogP contribution in [-0.4, -0.2) is 71.1 Å². The number of rotatable bonds is 3. The molecule has 4 rings (SSSR count). The van der Waals surface area contributed by atoms with Gasteiger partial charge in [0.05, 0.1) is 6.26 Å². The quantitative estimate of drug-likeness (QED) is 0.801. The second-order valence-corrected chi connectivity index (χ2v) is 7.35. The third-order valence-electron chi connectivity index (χ3n) is 5.63. The lowest BCUT2D eigenvalue weighted by Crippen LogP contribution is -2.52. The summed E-state index contributed by atoms with van der Waals surface area (Å²) in [5.41, 5.74) is 0.708. The molecule has 0 saturated carbocycles. The van der Waals surface area contributed by atoms with Crippen molar-refractivity contribution in [3.63, 3.8) is 0 Å². The molecule has 2 fully saturated rings. The summed E-state index contributed by atoms with van der Waals surface area (Å²) in [7, 11) is 0. The van der Waals surface area contributed by atoms with Gasteiger partial charge in [-0.15, -0.1) is 10.2 Å². The van der Waals surface area contributed by atoms with Gasteiger partial charge < -0.3 is 19.1 Å². The van der Waals surface area contributed by atoms with Crippen LogP contribution in [-0.2, 0) is 9.59 Å². The van der Waals surface area contributed by atoms with Crippen LogP contribution in [0.15, 0.2) is 34.9 Å². The molecule has 0 spiro atoms. The second kappa shape index (κ2) is 8.00. The molecule has 0 N–H and O–H groups in total. The minimum atomic E-state index is 0.0366. The monoisotopic (exact) mass is 383 g/mol. The van der Waals surface area contributed by atoms with Crippen LogP contribution in [0, 0.1) is 5.92 Å². The molecule has 0 atom stereocenters. The Morgan fingerprint density at radius 2 is 1.71 bits per heavy atom. The van der Waals surface area contributed by atoms with Gasteiger partial charge in [-0.3, -0.25) is 9.59 Å². The molecule has 0 unspecified atom stereocenters. The fraction of sp³-hybridized carbons (Fsp3) is 0.500. The molecule has 148 valence electrons. The molecule has 2 amide bonds. The molecular weight excluding hydrogens is 358 g/mol. The summed E-state index contributed by atoms with van der Waals surface area (Å²) in [6.07, 6.45) is 3.14. The molecule has 4 heterocycles. The van der Waals surface area contributed by atoms with Gasteiger partial charge >= 0.3 is 0 Å². The van der Waals surface area contributed by atoms with Crippen LogP contribution >= 0.6 is 0 Å². The number of furan rings is 1. The maximum atomic E-state index is 12.8. The molecule has 2 aliphatic heterocycles. The van der Waals surface area contributed by atoms with Crippen molar-refractivity contribution in [3.8, 4) is 11.5 Å². The highest BCUT2D eigenvalue weighted by atomic mass is 16.3. The normalized spacial score (nSPS) is 18.4. The number of hydrogen-bond donors (Lipinski definition) is 0. The number of nitrogens with zero attached hydrogens (tertiary/aromatic N) is 5. The Balaban J connectivity index is 1.30. The molecule has 8 nitrogen and oxygen atoms in total. The van der Waals surface area contributed by atoms with E-state index in [1.54, 1.807) is 13.2 Å². The Hall–Kier alpha value is -2.90. The highest BCUT2D eigenvalue weighted by molar-refractivity contribution is 5.80. The summed E-state index contributed by atoms with van der Waals surface area (Å²) < 4.78 is 5.34.